The van der Waals surface area contributed by atoms with E-state index in [9.17, 15) is 0 Å². The van der Waals surface area contributed by atoms with Gasteiger partial charge in [0.1, 0.15) is 0 Å². The maximum Gasteiger partial charge on any atom is 3.00 e. The molecule has 0 aliphatic heterocycles. The molecule has 0 aromatic rings. The van der Waals surface area contributed by atoms with E-state index in [0.717, 1.165) is 0 Å². The fourth-order valence-corrected chi connectivity index (χ4v) is 0. The summed E-state index contributed by atoms with van der Waals surface area (Å²) in [4.78, 5) is 26.6. The van der Waals surface area contributed by atoms with Crippen molar-refractivity contribution >= 4 is 25.5 Å². The molecule has 0 rings (SSSR count). The van der Waals surface area contributed by atoms with Crippen molar-refractivity contribution in [2.24, 2.45) is 5.50 Å². The van der Waals surface area contributed by atoms with E-state index in [-0.39, 0.29) is 17.4 Å². The normalized spacial score (nSPS) is 10.0. The zero-order valence-corrected chi connectivity index (χ0v) is 4.88. The first-order valence-electron chi connectivity index (χ1n) is 0.806. The Kier molecular flexibility index (Phi) is 4.79. The molecule has 0 atom stereocenters. The molecule has 0 bridgehead atoms. The van der Waals surface area contributed by atoms with Crippen LogP contribution in [0.2, 0.25) is 0 Å². The Hall–Kier alpha value is 0.802. The first kappa shape index (κ1) is 9.93. The van der Waals surface area contributed by atoms with Gasteiger partial charge < -0.3 is 14.7 Å². The van der Waals surface area contributed by atoms with Crippen molar-refractivity contribution in [3.05, 3.63) is 0 Å². The number of hydrogen-bond donors (Lipinski definition) is 1. The molecule has 0 spiro atoms. The number of rotatable bonds is 0. The van der Waals surface area contributed by atoms with Crippen LogP contribution in [-0.4, -0.2) is 17.4 Å². The predicted molar refractivity (Wildman–Crippen MR) is 16.9 cm³/mol. The zero-order chi connectivity index (χ0) is 4.50. The third-order valence-electron chi connectivity index (χ3n) is 0. The van der Waals surface area contributed by atoms with E-state index >= 15 is 0 Å². The molecule has 2 N–H and O–H groups in total. The minimum Gasteiger partial charge on any atom is -0.673 e. The zero-order valence-electron chi connectivity index (χ0n) is 2.83. The number of nitrogens with two attached hydrogens (primary N) is 1. The summed E-state index contributed by atoms with van der Waals surface area (Å²) in [6, 6.07) is 0. The molecule has 0 unspecified atom stereocenters. The van der Waals surface area contributed by atoms with Crippen LogP contribution in [-0.2, 0) is 0 Å². The summed E-state index contributed by atoms with van der Waals surface area (Å²) >= 11 is 0. The van der Waals surface area contributed by atoms with Crippen LogP contribution in [0, 0.1) is 0 Å². The molecular weight excluding hydrogens is 120 g/mol. The van der Waals surface area contributed by atoms with Crippen molar-refractivity contribution in [2.75, 3.05) is 0 Å². The number of hydrogen-bond acceptors (Lipinski definition) is 4. The monoisotopic (exact) mass is 122 g/mol. The smallest absolute Gasteiger partial charge is 0.673 e. The van der Waals surface area contributed by atoms with Gasteiger partial charge in [-0.25, -0.2) is 5.50 Å². The van der Waals surface area contributed by atoms with Gasteiger partial charge in [0, 0.05) is 0 Å². The molecule has 0 saturated carbocycles. The molecule has 0 aromatic heterocycles. The fourth-order valence-electron chi connectivity index (χ4n) is 0. The van der Waals surface area contributed by atoms with Gasteiger partial charge in [0.15, 0.2) is 0 Å². The SMILES string of the molecule is N[P+]([O-])([O-])[O-].[Al+3]. The van der Waals surface area contributed by atoms with E-state index in [2.05, 4.69) is 5.50 Å². The van der Waals surface area contributed by atoms with E-state index in [4.69, 9.17) is 14.7 Å². The minimum absolute atomic E-state index is 0. The Morgan fingerprint density at radius 2 is 1.17 bits per heavy atom. The summed E-state index contributed by atoms with van der Waals surface area (Å²) in [6.45, 7) is 0. The van der Waals surface area contributed by atoms with E-state index < -0.39 is 8.09 Å². The van der Waals surface area contributed by atoms with Gasteiger partial charge in [-0.15, -0.1) is 0 Å². The fraction of sp³-hybridized carbons (Fsp3) is 0. The third kappa shape index (κ3) is 108. The molecule has 0 amide bonds. The van der Waals surface area contributed by atoms with Crippen molar-refractivity contribution < 1.29 is 14.7 Å². The van der Waals surface area contributed by atoms with Crippen molar-refractivity contribution in [1.29, 1.82) is 0 Å². The van der Waals surface area contributed by atoms with Crippen molar-refractivity contribution in [1.82, 2.24) is 0 Å². The van der Waals surface area contributed by atoms with E-state index in [1.54, 1.807) is 0 Å². The van der Waals surface area contributed by atoms with Gasteiger partial charge in [0.2, 0.25) is 0 Å². The van der Waals surface area contributed by atoms with Gasteiger partial charge in [0.05, 0.1) is 0 Å². The van der Waals surface area contributed by atoms with Gasteiger partial charge in [0.25, 0.3) is 0 Å². The Labute approximate surface area is 46.4 Å². The second-order valence-electron chi connectivity index (χ2n) is 0.540. The van der Waals surface area contributed by atoms with E-state index in [1.807, 2.05) is 0 Å². The summed E-state index contributed by atoms with van der Waals surface area (Å²) in [5.74, 6) is 0. The summed E-state index contributed by atoms with van der Waals surface area (Å²) in [5, 5.41) is 0. The van der Waals surface area contributed by atoms with Crippen LogP contribution < -0.4 is 20.2 Å². The van der Waals surface area contributed by atoms with Crippen molar-refractivity contribution in [2.45, 2.75) is 0 Å². The van der Waals surface area contributed by atoms with Gasteiger partial charge in [-0.1, -0.05) is 8.09 Å². The molecule has 0 saturated heterocycles. The molecule has 0 heterocycles. The second-order valence-corrected chi connectivity index (χ2v) is 1.62. The minimum atomic E-state index is -4.64. The Morgan fingerprint density at radius 3 is 1.17 bits per heavy atom. The Balaban J connectivity index is 0. The summed E-state index contributed by atoms with van der Waals surface area (Å²) in [5.41, 5.74) is 3.80. The first-order chi connectivity index (χ1) is 2.00. The molecule has 6 heavy (non-hydrogen) atoms. The standard InChI is InChI=1S/Al.H4NO3P/c;1-5(2,3)4/h;(H4,1,2,3,4)/q+3;/p-2. The molecular formula is H2AlNO3P+. The second kappa shape index (κ2) is 2.89. The van der Waals surface area contributed by atoms with Crippen LogP contribution in [0.5, 0.6) is 0 Å². The molecule has 32 valence electrons. The Bertz CT molecular complexity index is 26.3. The maximum absolute atomic E-state index is 8.88. The van der Waals surface area contributed by atoms with Crippen LogP contribution in [0.3, 0.4) is 0 Å². The predicted octanol–water partition coefficient (Wildman–Crippen LogP) is -3.68. The summed E-state index contributed by atoms with van der Waals surface area (Å²) in [7, 11) is -4.64. The molecule has 0 aliphatic rings. The molecule has 4 nitrogen and oxygen atoms in total. The average Bonchev–Trinajstić information content (AvgIpc) is 0.722. The maximum atomic E-state index is 8.88. The molecule has 0 radical (unpaired) electrons. The summed E-state index contributed by atoms with van der Waals surface area (Å²) in [6.07, 6.45) is 0. The largest absolute Gasteiger partial charge is 3.00 e. The van der Waals surface area contributed by atoms with Gasteiger partial charge in [-0.05, 0) is 0 Å². The van der Waals surface area contributed by atoms with Crippen LogP contribution >= 0.6 is 8.09 Å². The molecule has 0 fully saturated rings. The average molecular weight is 122 g/mol. The molecule has 0 aromatic carbocycles. The van der Waals surface area contributed by atoms with E-state index in [1.165, 1.54) is 0 Å². The quantitative estimate of drug-likeness (QED) is 0.264. The third-order valence-corrected chi connectivity index (χ3v) is 0. The van der Waals surface area contributed by atoms with Crippen LogP contribution in [0.25, 0.3) is 0 Å². The topological polar surface area (TPSA) is 95.2 Å². The van der Waals surface area contributed by atoms with Crippen LogP contribution in [0.1, 0.15) is 0 Å². The van der Waals surface area contributed by atoms with Crippen LogP contribution in [0.15, 0.2) is 0 Å². The first-order valence-corrected chi connectivity index (χ1v) is 2.42. The molecule has 0 aliphatic carbocycles. The van der Waals surface area contributed by atoms with Crippen LogP contribution in [0.4, 0.5) is 0 Å². The van der Waals surface area contributed by atoms with Crippen molar-refractivity contribution in [3.63, 3.8) is 0 Å². The molecule has 6 heteroatoms. The van der Waals surface area contributed by atoms with Gasteiger partial charge in [-0.2, -0.15) is 0 Å². The Morgan fingerprint density at radius 1 is 1.17 bits per heavy atom. The van der Waals surface area contributed by atoms with Gasteiger partial charge >= 0.3 is 17.4 Å². The van der Waals surface area contributed by atoms with Crippen molar-refractivity contribution in [3.8, 4) is 0 Å². The van der Waals surface area contributed by atoms with E-state index in [0.29, 0.717) is 0 Å². The summed E-state index contributed by atoms with van der Waals surface area (Å²) < 4.78 is 0. The van der Waals surface area contributed by atoms with Gasteiger partial charge in [-0.3, -0.25) is 0 Å².